The maximum Gasteiger partial charge on any atom is 0.0235 e. The lowest BCUT2D eigenvalue weighted by Crippen LogP contribution is -2.34. The van der Waals surface area contributed by atoms with Crippen LogP contribution in [0.15, 0.2) is 30.3 Å². The summed E-state index contributed by atoms with van der Waals surface area (Å²) in [5.74, 6) is 0. The second kappa shape index (κ2) is 5.19. The third-order valence-electron chi connectivity index (χ3n) is 3.78. The molecule has 1 aliphatic rings. The number of hydrogen-bond acceptors (Lipinski definition) is 2. The van der Waals surface area contributed by atoms with E-state index in [0.717, 1.165) is 19.5 Å². The summed E-state index contributed by atoms with van der Waals surface area (Å²) in [5.41, 5.74) is 1.75. The fraction of sp³-hybridized carbons (Fsp3) is 0.600. The molecule has 0 radical (unpaired) electrons. The zero-order chi connectivity index (χ0) is 12.3. The first-order valence-electron chi connectivity index (χ1n) is 6.56. The van der Waals surface area contributed by atoms with Gasteiger partial charge in [0.25, 0.3) is 0 Å². The van der Waals surface area contributed by atoms with Gasteiger partial charge in [0.05, 0.1) is 0 Å². The lowest BCUT2D eigenvalue weighted by molar-refractivity contribution is 0.251. The molecule has 1 N–H and O–H groups in total. The summed E-state index contributed by atoms with van der Waals surface area (Å²) in [6.07, 6.45) is 2.40. The Balaban J connectivity index is 1.80. The van der Waals surface area contributed by atoms with Crippen LogP contribution in [0.25, 0.3) is 0 Å². The molecule has 1 aromatic carbocycles. The Morgan fingerprint density at radius 2 is 2.00 bits per heavy atom. The van der Waals surface area contributed by atoms with E-state index in [9.17, 15) is 0 Å². The van der Waals surface area contributed by atoms with Crippen LogP contribution >= 0.6 is 0 Å². The summed E-state index contributed by atoms with van der Waals surface area (Å²) in [5, 5.41) is 3.58. The number of benzene rings is 1. The molecular formula is C15H24N2. The SMILES string of the molecule is CN(CCc1ccccc1)C1CNC(C)(C)C1. The van der Waals surface area contributed by atoms with Crippen molar-refractivity contribution in [2.75, 3.05) is 20.1 Å². The standard InChI is InChI=1S/C15H24N2/c1-15(2)11-14(12-16-15)17(3)10-9-13-7-5-4-6-8-13/h4-8,14,16H,9-12H2,1-3H3. The molecule has 1 heterocycles. The fourth-order valence-corrected chi connectivity index (χ4v) is 2.57. The van der Waals surface area contributed by atoms with Crippen molar-refractivity contribution < 1.29 is 0 Å². The maximum absolute atomic E-state index is 3.58. The van der Waals surface area contributed by atoms with Crippen LogP contribution in [0.3, 0.4) is 0 Å². The first-order valence-corrected chi connectivity index (χ1v) is 6.56. The predicted molar refractivity (Wildman–Crippen MR) is 73.3 cm³/mol. The summed E-state index contributed by atoms with van der Waals surface area (Å²) in [7, 11) is 2.25. The van der Waals surface area contributed by atoms with Crippen LogP contribution in [0.1, 0.15) is 25.8 Å². The minimum absolute atomic E-state index is 0.311. The number of nitrogens with one attached hydrogen (secondary N) is 1. The van der Waals surface area contributed by atoms with Gasteiger partial charge in [0.2, 0.25) is 0 Å². The van der Waals surface area contributed by atoms with Crippen LogP contribution in [0.5, 0.6) is 0 Å². The summed E-state index contributed by atoms with van der Waals surface area (Å²) >= 11 is 0. The molecule has 0 aromatic heterocycles. The Bertz CT molecular complexity index is 345. The van der Waals surface area contributed by atoms with Gasteiger partial charge in [-0.25, -0.2) is 0 Å². The lowest BCUT2D eigenvalue weighted by Gasteiger charge is -2.25. The van der Waals surface area contributed by atoms with Crippen molar-refractivity contribution in [1.82, 2.24) is 10.2 Å². The van der Waals surface area contributed by atoms with Crippen LogP contribution in [0.2, 0.25) is 0 Å². The van der Waals surface area contributed by atoms with Gasteiger partial charge in [0, 0.05) is 24.7 Å². The largest absolute Gasteiger partial charge is 0.310 e. The Morgan fingerprint density at radius 1 is 1.29 bits per heavy atom. The molecule has 0 aliphatic carbocycles. The van der Waals surface area contributed by atoms with Gasteiger partial charge in [-0.1, -0.05) is 30.3 Å². The number of nitrogens with zero attached hydrogens (tertiary/aromatic N) is 1. The minimum Gasteiger partial charge on any atom is -0.310 e. The topological polar surface area (TPSA) is 15.3 Å². The van der Waals surface area contributed by atoms with E-state index < -0.39 is 0 Å². The molecule has 17 heavy (non-hydrogen) atoms. The quantitative estimate of drug-likeness (QED) is 0.857. The summed E-state index contributed by atoms with van der Waals surface area (Å²) in [6.45, 7) is 6.85. The van der Waals surface area contributed by atoms with Gasteiger partial charge >= 0.3 is 0 Å². The van der Waals surface area contributed by atoms with E-state index in [0.29, 0.717) is 11.6 Å². The first-order chi connectivity index (χ1) is 8.07. The Morgan fingerprint density at radius 3 is 2.59 bits per heavy atom. The smallest absolute Gasteiger partial charge is 0.0235 e. The molecule has 2 rings (SSSR count). The highest BCUT2D eigenvalue weighted by atomic mass is 15.2. The van der Waals surface area contributed by atoms with Crippen LogP contribution < -0.4 is 5.32 Å². The van der Waals surface area contributed by atoms with Gasteiger partial charge in [-0.2, -0.15) is 0 Å². The molecule has 1 aliphatic heterocycles. The monoisotopic (exact) mass is 232 g/mol. The Kier molecular flexibility index (Phi) is 3.85. The van der Waals surface area contributed by atoms with Crippen molar-refractivity contribution in [3.63, 3.8) is 0 Å². The number of hydrogen-bond donors (Lipinski definition) is 1. The van der Waals surface area contributed by atoms with Crippen LogP contribution in [-0.2, 0) is 6.42 Å². The number of rotatable bonds is 4. The average Bonchev–Trinajstić information content (AvgIpc) is 2.68. The van der Waals surface area contributed by atoms with Crippen molar-refractivity contribution in [3.05, 3.63) is 35.9 Å². The third kappa shape index (κ3) is 3.55. The van der Waals surface area contributed by atoms with Gasteiger partial charge in [0.1, 0.15) is 0 Å². The highest BCUT2D eigenvalue weighted by Gasteiger charge is 2.32. The zero-order valence-electron chi connectivity index (χ0n) is 11.2. The molecule has 1 atom stereocenters. The maximum atomic E-state index is 3.58. The lowest BCUT2D eigenvalue weighted by atomic mass is 10.0. The molecule has 1 aromatic rings. The van der Waals surface area contributed by atoms with Crippen molar-refractivity contribution in [1.29, 1.82) is 0 Å². The van der Waals surface area contributed by atoms with E-state index in [2.05, 4.69) is 61.4 Å². The molecule has 0 amide bonds. The highest BCUT2D eigenvalue weighted by molar-refractivity contribution is 5.14. The van der Waals surface area contributed by atoms with E-state index in [1.807, 2.05) is 0 Å². The van der Waals surface area contributed by atoms with E-state index in [-0.39, 0.29) is 0 Å². The van der Waals surface area contributed by atoms with Crippen molar-refractivity contribution in [3.8, 4) is 0 Å². The molecule has 2 heteroatoms. The van der Waals surface area contributed by atoms with Gasteiger partial charge < -0.3 is 10.2 Å². The third-order valence-corrected chi connectivity index (χ3v) is 3.78. The van der Waals surface area contributed by atoms with Gasteiger partial charge in [-0.05, 0) is 39.3 Å². The highest BCUT2D eigenvalue weighted by Crippen LogP contribution is 2.21. The molecule has 2 nitrogen and oxygen atoms in total. The second-order valence-corrected chi connectivity index (χ2v) is 5.84. The van der Waals surface area contributed by atoms with E-state index in [1.54, 1.807) is 0 Å². The Hall–Kier alpha value is -0.860. The van der Waals surface area contributed by atoms with E-state index in [1.165, 1.54) is 12.0 Å². The van der Waals surface area contributed by atoms with Crippen LogP contribution in [0, 0.1) is 0 Å². The Labute approximate surface area is 105 Å². The normalized spacial score (nSPS) is 23.2. The van der Waals surface area contributed by atoms with E-state index in [4.69, 9.17) is 0 Å². The zero-order valence-corrected chi connectivity index (χ0v) is 11.2. The first kappa shape index (κ1) is 12.6. The molecule has 1 saturated heterocycles. The molecular weight excluding hydrogens is 208 g/mol. The number of likely N-dealkylation sites (N-methyl/N-ethyl adjacent to an activating group) is 1. The minimum atomic E-state index is 0.311. The van der Waals surface area contributed by atoms with Gasteiger partial charge in [-0.15, -0.1) is 0 Å². The summed E-state index contributed by atoms with van der Waals surface area (Å²) in [6, 6.07) is 11.4. The van der Waals surface area contributed by atoms with Crippen LogP contribution in [0.4, 0.5) is 0 Å². The van der Waals surface area contributed by atoms with E-state index >= 15 is 0 Å². The summed E-state index contributed by atoms with van der Waals surface area (Å²) < 4.78 is 0. The average molecular weight is 232 g/mol. The van der Waals surface area contributed by atoms with Crippen molar-refractivity contribution >= 4 is 0 Å². The fourth-order valence-electron chi connectivity index (χ4n) is 2.57. The second-order valence-electron chi connectivity index (χ2n) is 5.84. The molecule has 1 unspecified atom stereocenters. The van der Waals surface area contributed by atoms with Gasteiger partial charge in [0.15, 0.2) is 0 Å². The van der Waals surface area contributed by atoms with Crippen molar-refractivity contribution in [2.24, 2.45) is 0 Å². The predicted octanol–water partition coefficient (Wildman–Crippen LogP) is 2.30. The molecule has 0 spiro atoms. The summed E-state index contributed by atoms with van der Waals surface area (Å²) in [4.78, 5) is 2.49. The molecule has 94 valence electrons. The molecule has 0 saturated carbocycles. The van der Waals surface area contributed by atoms with Gasteiger partial charge in [-0.3, -0.25) is 0 Å². The van der Waals surface area contributed by atoms with Crippen LogP contribution in [-0.4, -0.2) is 36.6 Å². The molecule has 1 fully saturated rings. The van der Waals surface area contributed by atoms with Crippen molar-refractivity contribution in [2.45, 2.75) is 38.3 Å². The molecule has 0 bridgehead atoms.